The highest BCUT2D eigenvalue weighted by Crippen LogP contribution is 2.28. The highest BCUT2D eigenvalue weighted by molar-refractivity contribution is 5.79. The Kier molecular flexibility index (Phi) is 5.93. The third-order valence-electron chi connectivity index (χ3n) is 5.66. The van der Waals surface area contributed by atoms with E-state index in [1.54, 1.807) is 19.4 Å². The number of carbonyl (C=O) groups is 1. The summed E-state index contributed by atoms with van der Waals surface area (Å²) in [4.78, 5) is 23.5. The maximum atomic E-state index is 12.7. The van der Waals surface area contributed by atoms with Crippen molar-refractivity contribution in [2.45, 2.75) is 25.2 Å². The lowest BCUT2D eigenvalue weighted by molar-refractivity contribution is -0.131. The van der Waals surface area contributed by atoms with Gasteiger partial charge in [-0.15, -0.1) is 0 Å². The molecule has 0 unspecified atom stereocenters. The fourth-order valence-corrected chi connectivity index (χ4v) is 3.89. The summed E-state index contributed by atoms with van der Waals surface area (Å²) in [6, 6.07) is 15.6. The van der Waals surface area contributed by atoms with Gasteiger partial charge in [-0.05, 0) is 48.7 Å². The second-order valence-corrected chi connectivity index (χ2v) is 7.63. The number of benzene rings is 1. The fraction of sp³-hybridized carbons (Fsp3) is 0.292. The molecule has 0 spiro atoms. The third kappa shape index (κ3) is 4.59. The monoisotopic (exact) mass is 402 g/mol. The highest BCUT2D eigenvalue weighted by atomic mass is 16.5. The van der Waals surface area contributed by atoms with E-state index in [1.165, 1.54) is 0 Å². The van der Waals surface area contributed by atoms with Crippen molar-refractivity contribution in [1.29, 1.82) is 0 Å². The number of methoxy groups -OCH3 is 1. The summed E-state index contributed by atoms with van der Waals surface area (Å²) in [7, 11) is 1.64. The Morgan fingerprint density at radius 3 is 2.43 bits per heavy atom. The summed E-state index contributed by atoms with van der Waals surface area (Å²) in [5.74, 6) is 1.84. The lowest BCUT2D eigenvalue weighted by Gasteiger charge is -2.32. The van der Waals surface area contributed by atoms with Crippen LogP contribution in [0.15, 0.2) is 60.9 Å². The molecule has 1 fully saturated rings. The minimum Gasteiger partial charge on any atom is -0.497 e. The van der Waals surface area contributed by atoms with E-state index in [4.69, 9.17) is 10.5 Å². The Morgan fingerprint density at radius 1 is 1.07 bits per heavy atom. The molecule has 0 bridgehead atoms. The molecular weight excluding hydrogens is 376 g/mol. The standard InChI is InChI=1S/C24H26N4O2/c1-30-21-4-2-3-17(13-21)14-24(29)28-11-9-18(10-12-28)22-7-5-19(15-26-22)20-6-8-23(25)27-16-20/h2-8,13,15-16,18H,9-12,14H2,1H3,(H2,25,27). The number of pyridine rings is 2. The zero-order valence-electron chi connectivity index (χ0n) is 17.1. The normalized spacial score (nSPS) is 14.5. The minimum absolute atomic E-state index is 0.167. The van der Waals surface area contributed by atoms with Crippen LogP contribution in [-0.2, 0) is 11.2 Å². The summed E-state index contributed by atoms with van der Waals surface area (Å²) in [6.45, 7) is 1.53. The molecule has 6 nitrogen and oxygen atoms in total. The van der Waals surface area contributed by atoms with Gasteiger partial charge in [-0.25, -0.2) is 4.98 Å². The maximum Gasteiger partial charge on any atom is 0.226 e. The number of nitrogens with two attached hydrogens (primary N) is 1. The van der Waals surface area contributed by atoms with Crippen molar-refractivity contribution in [3.05, 3.63) is 72.2 Å². The number of rotatable bonds is 5. The highest BCUT2D eigenvalue weighted by Gasteiger charge is 2.24. The predicted octanol–water partition coefficient (Wildman–Crippen LogP) is 3.68. The van der Waals surface area contributed by atoms with Crippen LogP contribution in [0, 0.1) is 0 Å². The van der Waals surface area contributed by atoms with Crippen molar-refractivity contribution in [2.75, 3.05) is 25.9 Å². The zero-order valence-corrected chi connectivity index (χ0v) is 17.1. The number of anilines is 1. The molecule has 3 aromatic rings. The first kappa shape index (κ1) is 19.9. The van der Waals surface area contributed by atoms with Crippen LogP contribution < -0.4 is 10.5 Å². The van der Waals surface area contributed by atoms with Crippen LogP contribution in [0.2, 0.25) is 0 Å². The Morgan fingerprint density at radius 2 is 1.80 bits per heavy atom. The molecule has 1 amide bonds. The fourth-order valence-electron chi connectivity index (χ4n) is 3.89. The zero-order chi connectivity index (χ0) is 20.9. The maximum absolute atomic E-state index is 12.7. The average molecular weight is 402 g/mol. The number of hydrogen-bond donors (Lipinski definition) is 1. The van der Waals surface area contributed by atoms with Gasteiger partial charge in [0.15, 0.2) is 0 Å². The van der Waals surface area contributed by atoms with Crippen molar-refractivity contribution in [2.24, 2.45) is 0 Å². The first-order valence-corrected chi connectivity index (χ1v) is 10.2. The van der Waals surface area contributed by atoms with Crippen molar-refractivity contribution in [1.82, 2.24) is 14.9 Å². The van der Waals surface area contributed by atoms with E-state index in [9.17, 15) is 4.79 Å². The van der Waals surface area contributed by atoms with Crippen molar-refractivity contribution in [3.8, 4) is 16.9 Å². The van der Waals surface area contributed by atoms with Gasteiger partial charge in [0, 0.05) is 48.2 Å². The molecule has 0 radical (unpaired) electrons. The van der Waals surface area contributed by atoms with Crippen molar-refractivity contribution >= 4 is 11.7 Å². The number of ether oxygens (including phenoxy) is 1. The summed E-state index contributed by atoms with van der Waals surface area (Å²) >= 11 is 0. The van der Waals surface area contributed by atoms with Crippen LogP contribution in [0.3, 0.4) is 0 Å². The Bertz CT molecular complexity index is 994. The summed E-state index contributed by atoms with van der Waals surface area (Å²) < 4.78 is 5.25. The molecule has 0 aliphatic carbocycles. The van der Waals surface area contributed by atoms with E-state index < -0.39 is 0 Å². The molecule has 2 aromatic heterocycles. The van der Waals surface area contributed by atoms with Crippen molar-refractivity contribution in [3.63, 3.8) is 0 Å². The largest absolute Gasteiger partial charge is 0.497 e. The van der Waals surface area contributed by atoms with E-state index in [-0.39, 0.29) is 5.91 Å². The SMILES string of the molecule is COc1cccc(CC(=O)N2CCC(c3ccc(-c4ccc(N)nc4)cn3)CC2)c1. The van der Waals surface area contributed by atoms with Crippen LogP contribution in [0.25, 0.3) is 11.1 Å². The number of hydrogen-bond acceptors (Lipinski definition) is 5. The molecule has 30 heavy (non-hydrogen) atoms. The molecule has 0 saturated carbocycles. The van der Waals surface area contributed by atoms with Gasteiger partial charge in [0.25, 0.3) is 0 Å². The average Bonchev–Trinajstić information content (AvgIpc) is 2.80. The Labute approximate surface area is 176 Å². The summed E-state index contributed by atoms with van der Waals surface area (Å²) in [6.07, 6.45) is 5.92. The van der Waals surface area contributed by atoms with Crippen molar-refractivity contribution < 1.29 is 9.53 Å². The number of nitrogens with zero attached hydrogens (tertiary/aromatic N) is 3. The molecular formula is C24H26N4O2. The second-order valence-electron chi connectivity index (χ2n) is 7.63. The third-order valence-corrected chi connectivity index (χ3v) is 5.66. The quantitative estimate of drug-likeness (QED) is 0.704. The van der Waals surface area contributed by atoms with Gasteiger partial charge in [0.05, 0.1) is 13.5 Å². The Hall–Kier alpha value is -3.41. The number of likely N-dealkylation sites (tertiary alicyclic amines) is 1. The molecule has 1 aliphatic rings. The van der Waals surface area contributed by atoms with Gasteiger partial charge in [-0.2, -0.15) is 0 Å². The molecule has 1 saturated heterocycles. The van der Waals surface area contributed by atoms with E-state index >= 15 is 0 Å². The van der Waals surface area contributed by atoms with E-state index in [2.05, 4.69) is 22.1 Å². The van der Waals surface area contributed by atoms with E-state index in [1.807, 2.05) is 41.4 Å². The molecule has 2 N–H and O–H groups in total. The van der Waals surface area contributed by atoms with Crippen LogP contribution in [0.4, 0.5) is 5.82 Å². The first-order chi connectivity index (χ1) is 14.6. The molecule has 1 aliphatic heterocycles. The van der Waals surface area contributed by atoms with Gasteiger partial charge < -0.3 is 15.4 Å². The molecule has 3 heterocycles. The van der Waals surface area contributed by atoms with E-state index in [0.717, 1.165) is 54.1 Å². The van der Waals surface area contributed by atoms with Gasteiger partial charge in [-0.1, -0.05) is 18.2 Å². The smallest absolute Gasteiger partial charge is 0.226 e. The second kappa shape index (κ2) is 8.95. The molecule has 1 aromatic carbocycles. The van der Waals surface area contributed by atoms with Crippen LogP contribution in [0.5, 0.6) is 5.75 Å². The predicted molar refractivity (Wildman–Crippen MR) is 117 cm³/mol. The summed E-state index contributed by atoms with van der Waals surface area (Å²) in [5, 5.41) is 0. The summed E-state index contributed by atoms with van der Waals surface area (Å²) in [5.41, 5.74) is 9.75. The molecule has 6 heteroatoms. The van der Waals surface area contributed by atoms with Crippen LogP contribution in [0.1, 0.15) is 30.0 Å². The number of carbonyl (C=O) groups excluding carboxylic acids is 1. The number of amides is 1. The number of nitrogen functional groups attached to an aromatic ring is 1. The molecule has 154 valence electrons. The minimum atomic E-state index is 0.167. The first-order valence-electron chi connectivity index (χ1n) is 10.2. The van der Waals surface area contributed by atoms with Gasteiger partial charge in [0.2, 0.25) is 5.91 Å². The number of piperidine rings is 1. The molecule has 0 atom stereocenters. The lowest BCUT2D eigenvalue weighted by atomic mass is 9.92. The van der Waals surface area contributed by atoms with E-state index in [0.29, 0.717) is 18.2 Å². The van der Waals surface area contributed by atoms with Gasteiger partial charge >= 0.3 is 0 Å². The van der Waals surface area contributed by atoms with Gasteiger partial charge in [0.1, 0.15) is 11.6 Å². The lowest BCUT2D eigenvalue weighted by Crippen LogP contribution is -2.38. The topological polar surface area (TPSA) is 81.3 Å². The van der Waals surface area contributed by atoms with Crippen LogP contribution in [-0.4, -0.2) is 41.0 Å². The Balaban J connectivity index is 1.33. The molecule has 4 rings (SSSR count). The number of aromatic nitrogens is 2. The van der Waals surface area contributed by atoms with Crippen LogP contribution >= 0.6 is 0 Å². The van der Waals surface area contributed by atoms with Gasteiger partial charge in [-0.3, -0.25) is 9.78 Å².